The molecule has 0 aliphatic carbocycles. The maximum absolute atomic E-state index is 13.9. The summed E-state index contributed by atoms with van der Waals surface area (Å²) in [6.07, 6.45) is -19.0. The number of imidazole rings is 1. The fourth-order valence-electron chi connectivity index (χ4n) is 2.77. The first-order chi connectivity index (χ1) is 16.4. The van der Waals surface area contributed by atoms with E-state index >= 15 is 0 Å². The molecule has 0 saturated heterocycles. The monoisotopic (exact) mass is 534 g/mol. The maximum Gasteiger partial charge on any atom is 0.462 e. The van der Waals surface area contributed by atoms with Crippen molar-refractivity contribution in [2.45, 2.75) is 30.7 Å². The second-order valence-electron chi connectivity index (χ2n) is 7.34. The molecule has 0 fully saturated rings. The third-order valence-electron chi connectivity index (χ3n) is 4.56. The second-order valence-corrected chi connectivity index (χ2v) is 7.34. The van der Waals surface area contributed by atoms with Crippen molar-refractivity contribution in [1.29, 1.82) is 0 Å². The zero-order valence-corrected chi connectivity index (χ0v) is 17.7. The molecule has 1 amide bonds. The molecular weight excluding hydrogens is 520 g/mol. The first-order valence-corrected chi connectivity index (χ1v) is 9.52. The molecule has 0 spiro atoms. The lowest BCUT2D eigenvalue weighted by Crippen LogP contribution is -2.56. The first-order valence-electron chi connectivity index (χ1n) is 9.52. The lowest BCUT2D eigenvalue weighted by Gasteiger charge is -2.30. The van der Waals surface area contributed by atoms with Gasteiger partial charge in [-0.2, -0.15) is 44.9 Å². The van der Waals surface area contributed by atoms with E-state index in [1.54, 1.807) is 30.3 Å². The van der Waals surface area contributed by atoms with Crippen molar-refractivity contribution in [3.63, 3.8) is 0 Å². The number of ether oxygens (including phenoxy) is 2. The van der Waals surface area contributed by atoms with Crippen LogP contribution in [-0.4, -0.2) is 41.3 Å². The van der Waals surface area contributed by atoms with Crippen LogP contribution in [0.4, 0.5) is 43.9 Å². The lowest BCUT2D eigenvalue weighted by molar-refractivity contribution is -0.670. The van der Waals surface area contributed by atoms with E-state index in [0.29, 0.717) is 5.39 Å². The van der Waals surface area contributed by atoms with Gasteiger partial charge in [0.1, 0.15) is 11.9 Å². The van der Waals surface area contributed by atoms with Crippen molar-refractivity contribution in [2.75, 3.05) is 5.43 Å². The van der Waals surface area contributed by atoms with Crippen LogP contribution in [0.1, 0.15) is 10.4 Å². The van der Waals surface area contributed by atoms with E-state index in [0.717, 1.165) is 18.2 Å². The number of fused-ring (bicyclic) bond motifs is 1. The summed E-state index contributed by atoms with van der Waals surface area (Å²) in [5.41, 5.74) is 2.67. The van der Waals surface area contributed by atoms with Crippen LogP contribution < -0.4 is 14.7 Å². The minimum Gasteiger partial charge on any atom is -0.429 e. The molecule has 1 heterocycles. The van der Waals surface area contributed by atoms with Crippen LogP contribution in [0, 0.1) is 0 Å². The molecule has 2 aromatic carbocycles. The molecule has 0 bridgehead atoms. The van der Waals surface area contributed by atoms with Crippen molar-refractivity contribution in [1.82, 2.24) is 4.68 Å². The van der Waals surface area contributed by atoms with Gasteiger partial charge in [-0.3, -0.25) is 9.53 Å². The van der Waals surface area contributed by atoms with Gasteiger partial charge in [0, 0.05) is 5.56 Å². The number of nitrogens with zero attached hydrogens (tertiary/aromatic N) is 2. The number of rotatable bonds is 8. The molecule has 1 aromatic heterocycles. The predicted octanol–water partition coefficient (Wildman–Crippen LogP) is 4.92. The van der Waals surface area contributed by atoms with E-state index in [1.807, 2.05) is 0 Å². The summed E-state index contributed by atoms with van der Waals surface area (Å²) >= 11 is 0. The minimum absolute atomic E-state index is 0.137. The number of halogens is 10. The molecule has 0 radical (unpaired) electrons. The molecule has 1 atom stereocenters. The molecule has 1 N–H and O–H groups in total. The number of carbonyl (C=O) groups is 1. The molecular formula is C20H14F10N3O3+. The third-order valence-corrected chi connectivity index (χ3v) is 4.56. The fourth-order valence-corrected chi connectivity index (χ4v) is 2.77. The quantitative estimate of drug-likeness (QED) is 0.330. The van der Waals surface area contributed by atoms with E-state index in [2.05, 4.69) is 14.9 Å². The van der Waals surface area contributed by atoms with Crippen LogP contribution in [0.25, 0.3) is 10.8 Å². The van der Waals surface area contributed by atoms with Gasteiger partial charge in [0.05, 0.1) is 7.05 Å². The molecule has 0 aliphatic heterocycles. The van der Waals surface area contributed by atoms with Gasteiger partial charge in [-0.15, -0.1) is 4.68 Å². The number of hydrogen-bond acceptors (Lipinski definition) is 3. The van der Waals surface area contributed by atoms with Crippen molar-refractivity contribution in [3.05, 3.63) is 60.7 Å². The van der Waals surface area contributed by atoms with Crippen molar-refractivity contribution >= 4 is 16.7 Å². The third kappa shape index (κ3) is 5.47. The summed E-state index contributed by atoms with van der Waals surface area (Å²) in [5.74, 6) is -8.39. The van der Waals surface area contributed by atoms with Gasteiger partial charge in [0.15, 0.2) is 6.20 Å². The van der Waals surface area contributed by atoms with Gasteiger partial charge in [-0.1, -0.05) is 12.1 Å². The average molecular weight is 534 g/mol. The summed E-state index contributed by atoms with van der Waals surface area (Å²) in [6.45, 7) is 0. The summed E-state index contributed by atoms with van der Waals surface area (Å²) in [6, 6.07) is 6.66. The van der Waals surface area contributed by atoms with E-state index in [9.17, 15) is 48.7 Å². The Hall–Kier alpha value is -3.56. The Bertz CT molecular complexity index is 1260. The Labute approximate surface area is 194 Å². The Morgan fingerprint density at radius 2 is 1.58 bits per heavy atom. The molecule has 3 aromatic rings. The highest BCUT2D eigenvalue weighted by molar-refractivity contribution is 6.03. The van der Waals surface area contributed by atoms with Gasteiger partial charge < -0.3 is 4.74 Å². The minimum atomic E-state index is -6.97. The molecule has 36 heavy (non-hydrogen) atoms. The highest BCUT2D eigenvalue weighted by atomic mass is 19.4. The molecule has 0 aliphatic rings. The summed E-state index contributed by atoms with van der Waals surface area (Å²) in [5, 5.41) is 0.429. The summed E-state index contributed by atoms with van der Waals surface area (Å²) in [7, 11) is 1.71. The number of aryl methyl sites for hydroxylation is 1. The fraction of sp³-hybridized carbons (Fsp3) is 0.300. The lowest BCUT2D eigenvalue weighted by atomic mass is 10.1. The zero-order valence-electron chi connectivity index (χ0n) is 17.7. The molecule has 0 saturated carbocycles. The van der Waals surface area contributed by atoms with Gasteiger partial charge in [-0.25, -0.2) is 8.96 Å². The number of benzene rings is 2. The van der Waals surface area contributed by atoms with Gasteiger partial charge in [0.2, 0.25) is 0 Å². The van der Waals surface area contributed by atoms with E-state index < -0.39 is 42.3 Å². The van der Waals surface area contributed by atoms with E-state index in [1.165, 1.54) is 22.9 Å². The van der Waals surface area contributed by atoms with Gasteiger partial charge >= 0.3 is 30.7 Å². The summed E-state index contributed by atoms with van der Waals surface area (Å²) in [4.78, 5) is 12.3. The van der Waals surface area contributed by atoms with Crippen LogP contribution in [0.15, 0.2) is 55.1 Å². The number of hydrogen-bond donors (Lipinski definition) is 1. The van der Waals surface area contributed by atoms with Crippen LogP contribution in [-0.2, 0) is 11.8 Å². The molecule has 1 unspecified atom stereocenters. The Kier molecular flexibility index (Phi) is 6.87. The topological polar surface area (TPSA) is 56.4 Å². The highest BCUT2D eigenvalue weighted by Gasteiger charge is 2.76. The van der Waals surface area contributed by atoms with Gasteiger partial charge in [-0.05, 0) is 35.0 Å². The molecule has 6 nitrogen and oxygen atoms in total. The Balaban J connectivity index is 1.74. The van der Waals surface area contributed by atoms with Crippen molar-refractivity contribution < 1.29 is 62.7 Å². The largest absolute Gasteiger partial charge is 0.462 e. The number of alkyl halides is 10. The second kappa shape index (κ2) is 9.15. The predicted molar refractivity (Wildman–Crippen MR) is 101 cm³/mol. The van der Waals surface area contributed by atoms with Crippen LogP contribution in [0.5, 0.6) is 5.75 Å². The smallest absolute Gasteiger partial charge is 0.429 e. The Morgan fingerprint density at radius 3 is 2.17 bits per heavy atom. The van der Waals surface area contributed by atoms with Crippen LogP contribution >= 0.6 is 0 Å². The number of amides is 1. The highest BCUT2D eigenvalue weighted by Crippen LogP contribution is 2.48. The number of aromatic nitrogens is 2. The molecule has 16 heteroatoms. The van der Waals surface area contributed by atoms with Crippen molar-refractivity contribution in [3.8, 4) is 5.75 Å². The number of carbonyl (C=O) groups excluding carboxylic acids is 1. The number of nitrogens with one attached hydrogen (secondary N) is 1. The molecule has 3 rings (SSSR count). The van der Waals surface area contributed by atoms with Gasteiger partial charge in [0.25, 0.3) is 12.2 Å². The van der Waals surface area contributed by atoms with Crippen LogP contribution in [0.2, 0.25) is 0 Å². The Morgan fingerprint density at radius 1 is 0.972 bits per heavy atom. The standard InChI is InChI=1S/C20H13F10N3O3/c1-32-6-7-33(10-32)31-15(34)13-3-2-12-9-14(5-4-11(12)8-13)35-17(22,23)16(21)36-20(29,30)18(24,25)19(26,27)28/h2-10,16H,1H3/p+1. The van der Waals surface area contributed by atoms with Crippen LogP contribution in [0.3, 0.4) is 0 Å². The molecule has 196 valence electrons. The SMILES string of the molecule is C[n+]1ccn(NC(=O)c2ccc3cc(OC(F)(F)C(F)OC(F)(F)C(F)(F)C(F)(F)F)ccc3c2)c1. The van der Waals surface area contributed by atoms with E-state index in [4.69, 9.17) is 0 Å². The maximum atomic E-state index is 13.9. The normalized spacial score (nSPS) is 14.1. The summed E-state index contributed by atoms with van der Waals surface area (Å²) < 4.78 is 139. The zero-order chi connectivity index (χ0) is 27.1. The first kappa shape index (κ1) is 27.0. The van der Waals surface area contributed by atoms with Crippen molar-refractivity contribution in [2.24, 2.45) is 7.05 Å². The average Bonchev–Trinajstić information content (AvgIpc) is 3.16. The van der Waals surface area contributed by atoms with E-state index in [-0.39, 0.29) is 10.9 Å².